The Kier molecular flexibility index (Phi) is 8.54. The van der Waals surface area contributed by atoms with Gasteiger partial charge in [0.25, 0.3) is 0 Å². The Hall–Kier alpha value is -1.89. The predicted molar refractivity (Wildman–Crippen MR) is 101 cm³/mol. The van der Waals surface area contributed by atoms with Gasteiger partial charge in [-0.3, -0.25) is 0 Å². The van der Waals surface area contributed by atoms with Crippen LogP contribution in [0.25, 0.3) is 0 Å². The number of hydrogen-bond donors (Lipinski definition) is 5. The molecule has 3 unspecified atom stereocenters. The average Bonchev–Trinajstić information content (AvgIpc) is 3.10. The summed E-state index contributed by atoms with van der Waals surface area (Å²) in [5, 5.41) is 30.7. The Morgan fingerprint density at radius 1 is 1.31 bits per heavy atom. The Balaban J connectivity index is 2.32. The van der Waals surface area contributed by atoms with Gasteiger partial charge >= 0.3 is 178 Å². The molecular formula is C12H17N4O13P3. The molecule has 1 saturated heterocycles. The number of hydrogen-bond acceptors (Lipinski definition) is 16. The molecule has 0 saturated carbocycles. The van der Waals surface area contributed by atoms with Crippen molar-refractivity contribution in [1.29, 1.82) is 0 Å². The van der Waals surface area contributed by atoms with Crippen LogP contribution in [0.2, 0.25) is 0 Å². The molecule has 3 atom stereocenters. The zero-order valence-electron chi connectivity index (χ0n) is 15.7. The summed E-state index contributed by atoms with van der Waals surface area (Å²) in [7, 11) is -8.79. The van der Waals surface area contributed by atoms with Crippen LogP contribution >= 0.6 is 21.4 Å². The zero-order chi connectivity index (χ0) is 24.1. The number of aliphatic hydroxyl groups excluding tert-OH is 1. The topological polar surface area (TPSA) is 262 Å². The molecule has 20 heteroatoms. The first-order chi connectivity index (χ1) is 15.0. The van der Waals surface area contributed by atoms with E-state index in [-0.39, 0.29) is 24.3 Å². The second-order valence-corrected chi connectivity index (χ2v) is 16.1. The number of nitrogen functional groups attached to an aromatic ring is 1. The van der Waals surface area contributed by atoms with E-state index in [2.05, 4.69) is 31.2 Å². The van der Waals surface area contributed by atoms with Crippen LogP contribution in [-0.2, 0) is 41.9 Å². The number of aliphatic hydroxyl groups is 1. The number of nitrogens with zero attached hydrogens (tertiary/aromatic N) is 2. The molecule has 0 spiro atoms. The molecule has 0 radical (unpaired) electrons. The minimum absolute atomic E-state index is 0.000891. The van der Waals surface area contributed by atoms with Gasteiger partial charge in [0.1, 0.15) is 0 Å². The van der Waals surface area contributed by atoms with Crippen molar-refractivity contribution < 1.29 is 57.5 Å². The van der Waals surface area contributed by atoms with E-state index in [0.717, 1.165) is 4.57 Å². The van der Waals surface area contributed by atoms with E-state index >= 15 is 0 Å². The first kappa shape index (κ1) is 26.4. The third kappa shape index (κ3) is 4.73. The van der Waals surface area contributed by atoms with Crippen LogP contribution < -0.4 is 17.2 Å². The molecule has 2 rings (SSSR count). The first-order valence-electron chi connectivity index (χ1n) is 8.27. The van der Waals surface area contributed by atoms with Crippen LogP contribution in [0.5, 0.6) is 0 Å². The third-order valence-corrected chi connectivity index (χ3v) is 13.8. The molecule has 1 aliphatic rings. The molecule has 0 amide bonds. The molecule has 1 fully saturated rings. The van der Waals surface area contributed by atoms with Crippen LogP contribution in [-0.4, -0.2) is 50.5 Å². The number of nitrogens with two attached hydrogens (primary N) is 2. The quantitative estimate of drug-likeness (QED) is 0.126. The average molecular weight is 518 g/mol. The minimum atomic E-state index is -6.54. The van der Waals surface area contributed by atoms with Gasteiger partial charge in [0.15, 0.2) is 0 Å². The fraction of sp³-hybridized carbons (Fsp3) is 0.500. The zero-order valence-corrected chi connectivity index (χ0v) is 18.4. The van der Waals surface area contributed by atoms with Crippen molar-refractivity contribution in [2.24, 2.45) is 5.73 Å². The monoisotopic (exact) mass is 518 g/mol. The van der Waals surface area contributed by atoms with Gasteiger partial charge < -0.3 is 0 Å². The molecule has 0 aliphatic carbocycles. The molecule has 32 heavy (non-hydrogen) atoms. The molecule has 17 nitrogen and oxygen atoms in total. The normalized spacial score (nSPS) is 21.9. The van der Waals surface area contributed by atoms with E-state index in [1.54, 1.807) is 0 Å². The SMILES string of the molecule is NCC#Cc1cn(C2CC(O)C(COP(OO)(OOO)(P(=O)=O)P(=O)=O)O2)c(=O)nc1N. The van der Waals surface area contributed by atoms with E-state index in [1.807, 2.05) is 0 Å². The molecule has 1 aromatic rings. The molecule has 2 heterocycles. The molecule has 178 valence electrons. The van der Waals surface area contributed by atoms with E-state index in [1.165, 1.54) is 6.20 Å². The Morgan fingerprint density at radius 3 is 2.50 bits per heavy atom. The van der Waals surface area contributed by atoms with Gasteiger partial charge in [-0.05, 0) is 0 Å². The van der Waals surface area contributed by atoms with Crippen molar-refractivity contribution in [3.8, 4) is 11.8 Å². The maximum absolute atomic E-state index is 12.2. The fourth-order valence-electron chi connectivity index (χ4n) is 2.55. The third-order valence-electron chi connectivity index (χ3n) is 4.13. The molecule has 0 aromatic carbocycles. The van der Waals surface area contributed by atoms with Crippen molar-refractivity contribution >= 4 is 27.2 Å². The summed E-state index contributed by atoms with van der Waals surface area (Å²) in [4.78, 5) is 15.8. The van der Waals surface area contributed by atoms with Gasteiger partial charge in [0.2, 0.25) is 0 Å². The summed E-state index contributed by atoms with van der Waals surface area (Å²) in [6, 6.07) is 0. The molecule has 0 bridgehead atoms. The van der Waals surface area contributed by atoms with E-state index < -0.39 is 52.1 Å². The van der Waals surface area contributed by atoms with E-state index in [0.29, 0.717) is 0 Å². The number of aromatic nitrogens is 2. The van der Waals surface area contributed by atoms with Crippen molar-refractivity contribution in [3.05, 3.63) is 22.2 Å². The van der Waals surface area contributed by atoms with Gasteiger partial charge in [-0.25, -0.2) is 0 Å². The number of ether oxygens (including phenoxy) is 1. The van der Waals surface area contributed by atoms with E-state index in [4.69, 9.17) is 31.2 Å². The van der Waals surface area contributed by atoms with Crippen LogP contribution in [0.4, 0.5) is 5.82 Å². The number of rotatable bonds is 9. The van der Waals surface area contributed by atoms with Gasteiger partial charge in [-0.2, -0.15) is 0 Å². The van der Waals surface area contributed by atoms with Crippen molar-refractivity contribution in [3.63, 3.8) is 0 Å². The Bertz CT molecular complexity index is 1090. The second-order valence-electron chi connectivity index (χ2n) is 5.97. The summed E-state index contributed by atoms with van der Waals surface area (Å²) in [6.45, 7) is -7.61. The maximum atomic E-state index is 12.2. The summed E-state index contributed by atoms with van der Waals surface area (Å²) >= 11 is 0. The summed E-state index contributed by atoms with van der Waals surface area (Å²) in [6.07, 6.45) is -3.16. The van der Waals surface area contributed by atoms with Gasteiger partial charge in [0, 0.05) is 0 Å². The molecule has 1 aromatic heterocycles. The van der Waals surface area contributed by atoms with Crippen LogP contribution in [0, 0.1) is 11.8 Å². The molecule has 1 aliphatic heterocycles. The van der Waals surface area contributed by atoms with Crippen LogP contribution in [0.15, 0.2) is 11.0 Å². The fourth-order valence-corrected chi connectivity index (χ4v) is 6.98. The predicted octanol–water partition coefficient (Wildman–Crippen LogP) is 0.186. The van der Waals surface area contributed by atoms with Gasteiger partial charge in [-0.15, -0.1) is 0 Å². The number of anilines is 1. The summed E-state index contributed by atoms with van der Waals surface area (Å²) in [5.41, 5.74) is 10.2. The second kappa shape index (κ2) is 10.4. The van der Waals surface area contributed by atoms with Crippen LogP contribution in [0.3, 0.4) is 0 Å². The Morgan fingerprint density at radius 2 is 1.97 bits per heavy atom. The Labute approximate surface area is 178 Å². The first-order valence-corrected chi connectivity index (χ1v) is 14.0. The van der Waals surface area contributed by atoms with E-state index in [9.17, 15) is 28.2 Å². The van der Waals surface area contributed by atoms with Crippen LogP contribution in [0.1, 0.15) is 18.2 Å². The summed E-state index contributed by atoms with van der Waals surface area (Å²) < 4.78 is 64.7. The van der Waals surface area contributed by atoms with Gasteiger partial charge in [0.05, 0.1) is 0 Å². The van der Waals surface area contributed by atoms with Crippen molar-refractivity contribution in [2.75, 3.05) is 18.9 Å². The summed E-state index contributed by atoms with van der Waals surface area (Å²) in [5.74, 6) is 4.93. The van der Waals surface area contributed by atoms with Crippen molar-refractivity contribution in [1.82, 2.24) is 9.55 Å². The molecule has 7 N–H and O–H groups in total. The van der Waals surface area contributed by atoms with Crippen molar-refractivity contribution in [2.45, 2.75) is 24.9 Å². The standard InChI is InChI=1S/C12H17N4O13P3/c13-3-1-2-7-5-16(12(18)15-11(7)14)10-4-8(17)9(26-10)6-25-32(28-20,29-27-19,30(21)22)31(23)24/h5,8-10,17,19-20H,3-4,6,13H2,(H2,14,15,18). The molecular weight excluding hydrogens is 501 g/mol. The van der Waals surface area contributed by atoms with Gasteiger partial charge in [-0.1, -0.05) is 0 Å².